The second-order valence-electron chi connectivity index (χ2n) is 0.448. The summed E-state index contributed by atoms with van der Waals surface area (Å²) in [5.74, 6) is 0. The second kappa shape index (κ2) is 8.95. The van der Waals surface area contributed by atoms with E-state index in [9.17, 15) is 0 Å². The molecule has 4 nitrogen and oxygen atoms in total. The average molecular weight is 207 g/mol. The summed E-state index contributed by atoms with van der Waals surface area (Å²) in [6, 6.07) is 0. The van der Waals surface area contributed by atoms with Crippen molar-refractivity contribution in [2.75, 3.05) is 0 Å². The Labute approximate surface area is 97.1 Å². The molecular weight excluding hydrogens is 199 g/mol. The molecule has 0 aliphatic heterocycles. The zero-order valence-electron chi connectivity index (χ0n) is 5.23. The van der Waals surface area contributed by atoms with Crippen LogP contribution < -0.4 is 0 Å². The van der Waals surface area contributed by atoms with E-state index in [1.165, 1.54) is 0 Å². The van der Waals surface area contributed by atoms with Crippen LogP contribution in [0.4, 0.5) is 0 Å². The molecule has 0 aromatic carbocycles. The molecule has 0 amide bonds. The Morgan fingerprint density at radius 1 is 1.25 bits per heavy atom. The fourth-order valence-corrected chi connectivity index (χ4v) is 0. The topological polar surface area (TPSA) is 74.6 Å². The molecule has 0 spiro atoms. The van der Waals surface area contributed by atoms with Gasteiger partial charge in [-0.05, 0) is 0 Å². The Morgan fingerprint density at radius 2 is 1.25 bits per heavy atom. The summed E-state index contributed by atoms with van der Waals surface area (Å²) in [4.78, 5) is 0. The zero-order valence-corrected chi connectivity index (χ0v) is 7.08. The number of rotatable bonds is 0. The standard InChI is InChI=1S/Al.Ca.ClH.H2O4S.5H/c;;;1-5(2,3)4;;;;;/h;;1H;(H2,1,2,3,4);;;;;/q;+2;;;;;;2*-1. The predicted molar refractivity (Wildman–Crippen MR) is 39.3 cm³/mol. The first-order valence-corrected chi connectivity index (χ1v) is 2.10. The van der Waals surface area contributed by atoms with Crippen molar-refractivity contribution in [2.24, 2.45) is 0 Å². The second-order valence-corrected chi connectivity index (χ2v) is 1.34. The van der Waals surface area contributed by atoms with E-state index in [1.54, 1.807) is 0 Å². The fourth-order valence-electron chi connectivity index (χ4n) is 0. The zero-order chi connectivity index (χ0) is 4.50. The van der Waals surface area contributed by atoms with Crippen LogP contribution in [0, 0.1) is 0 Å². The smallest absolute Gasteiger partial charge is 1.00 e. The van der Waals surface area contributed by atoms with Gasteiger partial charge in [0.1, 0.15) is 0 Å². The maximum Gasteiger partial charge on any atom is 2.00 e. The number of hydrogen-bond acceptors (Lipinski definition) is 2. The van der Waals surface area contributed by atoms with Crippen LogP contribution in [-0.4, -0.2) is 72.6 Å². The molecule has 0 unspecified atom stereocenters. The molecule has 0 aliphatic carbocycles. The van der Waals surface area contributed by atoms with Crippen LogP contribution in [0.2, 0.25) is 0 Å². The van der Waals surface area contributed by atoms with Crippen LogP contribution in [0.1, 0.15) is 2.85 Å². The summed E-state index contributed by atoms with van der Waals surface area (Å²) in [6.07, 6.45) is 0. The maximum absolute atomic E-state index is 8.74. The minimum atomic E-state index is -4.67. The Balaban J connectivity index is -0.00000000800. The van der Waals surface area contributed by atoms with Crippen LogP contribution >= 0.6 is 12.4 Å². The summed E-state index contributed by atoms with van der Waals surface area (Å²) >= 11 is 0. The number of hydrogen-bond donors (Lipinski definition) is 2. The molecule has 0 aromatic rings. The quantitative estimate of drug-likeness (QED) is 0.371. The molecule has 0 rings (SSSR count). The molecule has 0 bridgehead atoms. The molecule has 0 radical (unpaired) electrons. The van der Waals surface area contributed by atoms with E-state index in [0.717, 1.165) is 0 Å². The molecule has 50 valence electrons. The predicted octanol–water partition coefficient (Wildman–Crippen LogP) is -1.57. The molecule has 2 N–H and O–H groups in total. The van der Waals surface area contributed by atoms with Crippen LogP contribution in [-0.2, 0) is 10.4 Å². The van der Waals surface area contributed by atoms with Crippen molar-refractivity contribution in [3.8, 4) is 0 Å². The third-order valence-corrected chi connectivity index (χ3v) is 0. The van der Waals surface area contributed by atoms with E-state index in [4.69, 9.17) is 17.5 Å². The largest absolute Gasteiger partial charge is 2.00 e. The van der Waals surface area contributed by atoms with Gasteiger partial charge >= 0.3 is 48.1 Å². The van der Waals surface area contributed by atoms with Gasteiger partial charge < -0.3 is 2.85 Å². The summed E-state index contributed by atoms with van der Waals surface area (Å²) in [5.41, 5.74) is 0. The SMILES string of the molecule is Cl.O=S(=O)(O)O.[AlH3].[Ca+2].[H-].[H-]. The Morgan fingerprint density at radius 3 is 1.25 bits per heavy atom. The van der Waals surface area contributed by atoms with E-state index in [-0.39, 0.29) is 70.4 Å². The third kappa shape index (κ3) is 101. The molecule has 8 heavy (non-hydrogen) atoms. The summed E-state index contributed by atoms with van der Waals surface area (Å²) in [7, 11) is -4.67. The molecular formula is H8AlCaClO4S. The Hall–Kier alpha value is 1.95. The van der Waals surface area contributed by atoms with Crippen molar-refractivity contribution >= 4 is 77.9 Å². The summed E-state index contributed by atoms with van der Waals surface area (Å²) < 4.78 is 31.6. The molecule has 0 aliphatic rings. The van der Waals surface area contributed by atoms with Gasteiger partial charge in [-0.3, -0.25) is 9.11 Å². The van der Waals surface area contributed by atoms with Crippen molar-refractivity contribution in [2.45, 2.75) is 0 Å². The molecule has 0 aromatic heterocycles. The monoisotopic (exact) mass is 206 g/mol. The van der Waals surface area contributed by atoms with Gasteiger partial charge in [-0.1, -0.05) is 0 Å². The normalized spacial score (nSPS) is 7.25. The van der Waals surface area contributed by atoms with E-state index in [1.807, 2.05) is 0 Å². The van der Waals surface area contributed by atoms with Gasteiger partial charge in [0.2, 0.25) is 0 Å². The third-order valence-electron chi connectivity index (χ3n) is 0. The van der Waals surface area contributed by atoms with E-state index in [2.05, 4.69) is 0 Å². The van der Waals surface area contributed by atoms with Gasteiger partial charge in [0.05, 0.1) is 0 Å². The first-order valence-electron chi connectivity index (χ1n) is 0.698. The first kappa shape index (κ1) is 22.5. The van der Waals surface area contributed by atoms with Gasteiger partial charge in [-0.2, -0.15) is 8.42 Å². The van der Waals surface area contributed by atoms with Gasteiger partial charge in [-0.25, -0.2) is 0 Å². The van der Waals surface area contributed by atoms with Gasteiger partial charge in [0.25, 0.3) is 0 Å². The van der Waals surface area contributed by atoms with E-state index < -0.39 is 10.4 Å². The average Bonchev–Trinajstić information content (AvgIpc) is 0.722. The Bertz CT molecular complexity index is 106. The van der Waals surface area contributed by atoms with Crippen molar-refractivity contribution in [1.29, 1.82) is 0 Å². The fraction of sp³-hybridized carbons (Fsp3) is 0. The van der Waals surface area contributed by atoms with Crippen LogP contribution in [0.15, 0.2) is 0 Å². The molecule has 0 fully saturated rings. The summed E-state index contributed by atoms with van der Waals surface area (Å²) in [6.45, 7) is 0. The molecule has 8 heteroatoms. The van der Waals surface area contributed by atoms with E-state index in [0.29, 0.717) is 0 Å². The van der Waals surface area contributed by atoms with Crippen LogP contribution in [0.5, 0.6) is 0 Å². The van der Waals surface area contributed by atoms with E-state index >= 15 is 0 Å². The summed E-state index contributed by atoms with van der Waals surface area (Å²) in [5, 5.41) is 0. The molecule has 0 atom stereocenters. The minimum Gasteiger partial charge on any atom is -1.00 e. The minimum absolute atomic E-state index is 0. The van der Waals surface area contributed by atoms with Gasteiger partial charge in [-0.15, -0.1) is 12.4 Å². The van der Waals surface area contributed by atoms with Crippen LogP contribution in [0.3, 0.4) is 0 Å². The number of halogens is 1. The molecule has 0 saturated carbocycles. The van der Waals surface area contributed by atoms with Gasteiger partial charge in [0.15, 0.2) is 17.4 Å². The maximum atomic E-state index is 8.74. The molecule has 0 heterocycles. The van der Waals surface area contributed by atoms with Crippen molar-refractivity contribution in [3.63, 3.8) is 0 Å². The Kier molecular flexibility index (Phi) is 25.2. The van der Waals surface area contributed by atoms with Crippen molar-refractivity contribution in [3.05, 3.63) is 0 Å². The van der Waals surface area contributed by atoms with Gasteiger partial charge in [0, 0.05) is 0 Å². The van der Waals surface area contributed by atoms with Crippen molar-refractivity contribution in [1.82, 2.24) is 0 Å². The first-order chi connectivity index (χ1) is 2.00. The van der Waals surface area contributed by atoms with Crippen LogP contribution in [0.25, 0.3) is 0 Å². The molecule has 0 saturated heterocycles. The van der Waals surface area contributed by atoms with Crippen molar-refractivity contribution < 1.29 is 20.4 Å².